The number of nitrogens with one attached hydrogen (secondary N) is 1. The summed E-state index contributed by atoms with van der Waals surface area (Å²) in [6.07, 6.45) is 1.14. The van der Waals surface area contributed by atoms with Crippen molar-refractivity contribution in [3.05, 3.63) is 18.2 Å². The molecule has 0 spiro atoms. The minimum atomic E-state index is -3.08. The van der Waals surface area contributed by atoms with Crippen LogP contribution >= 0.6 is 0 Å². The molecule has 0 aliphatic heterocycles. The first-order chi connectivity index (χ1) is 6.92. The molecule has 7 heteroatoms. The third kappa shape index (κ3) is 3.55. The molecule has 6 nitrogen and oxygen atoms in total. The fraction of sp³-hybridized carbons (Fsp3) is 0.250. The third-order valence-electron chi connectivity index (χ3n) is 1.41. The second-order valence-corrected chi connectivity index (χ2v) is 4.52. The van der Waals surface area contributed by atoms with E-state index in [9.17, 15) is 9.32 Å². The molecule has 0 aliphatic rings. The highest BCUT2D eigenvalue weighted by atomic mass is 32.2. The summed E-state index contributed by atoms with van der Waals surface area (Å²) in [5.74, 6) is 0.0202. The zero-order valence-electron chi connectivity index (χ0n) is 8.30. The smallest absolute Gasteiger partial charge is 0.200 e. The first kappa shape index (κ1) is 11.4. The topological polar surface area (TPSA) is 95.1 Å². The molecule has 0 saturated carbocycles. The van der Waals surface area contributed by atoms with E-state index in [1.807, 2.05) is 0 Å². The molecule has 2 N–H and O–H groups in total. The lowest BCUT2D eigenvalue weighted by molar-refractivity contribution is 0.471. The van der Waals surface area contributed by atoms with Crippen LogP contribution in [-0.4, -0.2) is 22.6 Å². The summed E-state index contributed by atoms with van der Waals surface area (Å²) < 4.78 is 22.8. The van der Waals surface area contributed by atoms with Crippen molar-refractivity contribution in [2.24, 2.45) is 10.2 Å². The molecule has 15 heavy (non-hydrogen) atoms. The Bertz CT molecular complexity index is 482. The molecule has 0 amide bonds. The Morgan fingerprint density at radius 1 is 1.53 bits per heavy atom. The SMILES string of the molecule is CN=Nc1ccc(OS(C)(=N)=O)cc1O. The summed E-state index contributed by atoms with van der Waals surface area (Å²) in [7, 11) is -1.61. The Morgan fingerprint density at radius 3 is 2.67 bits per heavy atom. The second kappa shape index (κ2) is 4.26. The Balaban J connectivity index is 3.02. The van der Waals surface area contributed by atoms with Crippen LogP contribution in [-0.2, 0) is 10.0 Å². The molecular weight excluding hydrogens is 218 g/mol. The normalized spacial score (nSPS) is 15.1. The van der Waals surface area contributed by atoms with Gasteiger partial charge >= 0.3 is 0 Å². The number of nitrogens with zero attached hydrogens (tertiary/aromatic N) is 2. The van der Waals surface area contributed by atoms with Gasteiger partial charge in [-0.2, -0.15) is 10.2 Å². The summed E-state index contributed by atoms with van der Waals surface area (Å²) >= 11 is 0. The van der Waals surface area contributed by atoms with Gasteiger partial charge in [-0.05, 0) is 12.1 Å². The van der Waals surface area contributed by atoms with Crippen LogP contribution < -0.4 is 4.18 Å². The van der Waals surface area contributed by atoms with E-state index in [0.717, 1.165) is 6.26 Å². The van der Waals surface area contributed by atoms with Crippen LogP contribution in [0, 0.1) is 4.78 Å². The number of azo groups is 1. The number of hydrogen-bond donors (Lipinski definition) is 2. The second-order valence-electron chi connectivity index (χ2n) is 2.81. The molecule has 82 valence electrons. The molecule has 1 aromatic carbocycles. The van der Waals surface area contributed by atoms with E-state index in [1.54, 1.807) is 0 Å². The largest absolute Gasteiger partial charge is 0.505 e. The van der Waals surface area contributed by atoms with Crippen LogP contribution in [0.5, 0.6) is 11.5 Å². The lowest BCUT2D eigenvalue weighted by Crippen LogP contribution is -2.03. The van der Waals surface area contributed by atoms with Gasteiger partial charge in [-0.25, -0.2) is 8.99 Å². The van der Waals surface area contributed by atoms with E-state index < -0.39 is 10.0 Å². The van der Waals surface area contributed by atoms with Crippen molar-refractivity contribution in [3.63, 3.8) is 0 Å². The van der Waals surface area contributed by atoms with Crippen LogP contribution in [0.1, 0.15) is 0 Å². The van der Waals surface area contributed by atoms with Crippen LogP contribution in [0.15, 0.2) is 28.4 Å². The molecular formula is C8H11N3O3S. The molecule has 0 fully saturated rings. The van der Waals surface area contributed by atoms with Gasteiger partial charge in [0.25, 0.3) is 0 Å². The van der Waals surface area contributed by atoms with Crippen LogP contribution in [0.3, 0.4) is 0 Å². The van der Waals surface area contributed by atoms with Gasteiger partial charge in [0, 0.05) is 13.1 Å². The Labute approximate surface area is 87.8 Å². The predicted molar refractivity (Wildman–Crippen MR) is 56.0 cm³/mol. The van der Waals surface area contributed by atoms with Gasteiger partial charge in [-0.15, -0.1) is 0 Å². The zero-order valence-corrected chi connectivity index (χ0v) is 9.11. The monoisotopic (exact) mass is 229 g/mol. The van der Waals surface area contributed by atoms with E-state index in [2.05, 4.69) is 10.2 Å². The summed E-state index contributed by atoms with van der Waals surface area (Å²) in [4.78, 5) is 0. The Morgan fingerprint density at radius 2 is 2.20 bits per heavy atom. The summed E-state index contributed by atoms with van der Waals surface area (Å²) in [5, 5.41) is 16.6. The molecule has 0 saturated heterocycles. The van der Waals surface area contributed by atoms with E-state index in [0.29, 0.717) is 0 Å². The lowest BCUT2D eigenvalue weighted by Gasteiger charge is -2.05. The number of phenols is 1. The number of rotatable bonds is 3. The quantitative estimate of drug-likeness (QED) is 0.776. The minimum absolute atomic E-state index is 0.137. The number of aromatic hydroxyl groups is 1. The fourth-order valence-electron chi connectivity index (χ4n) is 0.931. The molecule has 0 radical (unpaired) electrons. The van der Waals surface area contributed by atoms with Crippen LogP contribution in [0.2, 0.25) is 0 Å². The average molecular weight is 229 g/mol. The standard InChI is InChI=1S/C8H11N3O3S/c1-10-11-7-4-3-6(5-8(7)12)14-15(2,9)13/h3-5,9,12H,1-2H3. The summed E-state index contributed by atoms with van der Waals surface area (Å²) in [6.45, 7) is 0. The summed E-state index contributed by atoms with van der Waals surface area (Å²) in [5.41, 5.74) is 0.289. The average Bonchev–Trinajstić information content (AvgIpc) is 2.07. The summed E-state index contributed by atoms with van der Waals surface area (Å²) in [6, 6.07) is 4.16. The van der Waals surface area contributed by atoms with E-state index in [4.69, 9.17) is 8.96 Å². The van der Waals surface area contributed by atoms with Gasteiger partial charge in [-0.1, -0.05) is 0 Å². The van der Waals surface area contributed by atoms with Crippen molar-refractivity contribution >= 4 is 15.7 Å². The van der Waals surface area contributed by atoms with Crippen LogP contribution in [0.4, 0.5) is 5.69 Å². The molecule has 0 heterocycles. The van der Waals surface area contributed by atoms with Gasteiger partial charge in [-0.3, -0.25) is 0 Å². The highest BCUT2D eigenvalue weighted by Gasteiger charge is 2.05. The van der Waals surface area contributed by atoms with Gasteiger partial charge in [0.15, 0.2) is 10.0 Å². The van der Waals surface area contributed by atoms with Crippen molar-refractivity contribution in [3.8, 4) is 11.5 Å². The van der Waals surface area contributed by atoms with Crippen molar-refractivity contribution in [1.82, 2.24) is 0 Å². The predicted octanol–water partition coefficient (Wildman–Crippen LogP) is 2.08. The molecule has 0 aliphatic carbocycles. The van der Waals surface area contributed by atoms with E-state index in [1.165, 1.54) is 25.2 Å². The van der Waals surface area contributed by atoms with Gasteiger partial charge in [0.05, 0.1) is 6.26 Å². The van der Waals surface area contributed by atoms with Crippen molar-refractivity contribution < 1.29 is 13.5 Å². The first-order valence-corrected chi connectivity index (χ1v) is 5.87. The molecule has 0 aromatic heterocycles. The van der Waals surface area contributed by atoms with Crippen molar-refractivity contribution in [2.45, 2.75) is 0 Å². The highest BCUT2D eigenvalue weighted by Crippen LogP contribution is 2.30. The molecule has 1 unspecified atom stereocenters. The Kier molecular flexibility index (Phi) is 3.25. The first-order valence-electron chi connectivity index (χ1n) is 3.98. The van der Waals surface area contributed by atoms with Crippen LogP contribution in [0.25, 0.3) is 0 Å². The van der Waals surface area contributed by atoms with Gasteiger partial charge in [0.2, 0.25) is 0 Å². The van der Waals surface area contributed by atoms with E-state index in [-0.39, 0.29) is 17.2 Å². The molecule has 1 aromatic rings. The van der Waals surface area contributed by atoms with E-state index >= 15 is 0 Å². The number of benzene rings is 1. The zero-order chi connectivity index (χ0) is 11.5. The minimum Gasteiger partial charge on any atom is -0.505 e. The molecule has 0 bridgehead atoms. The van der Waals surface area contributed by atoms with Crippen molar-refractivity contribution in [1.29, 1.82) is 4.78 Å². The number of hydrogen-bond acceptors (Lipinski definition) is 6. The van der Waals surface area contributed by atoms with Gasteiger partial charge in [0.1, 0.15) is 17.2 Å². The fourth-order valence-corrected chi connectivity index (χ4v) is 1.40. The number of phenolic OH excluding ortho intramolecular Hbond substituents is 1. The third-order valence-corrected chi connectivity index (χ3v) is 1.92. The maximum absolute atomic E-state index is 11.0. The van der Waals surface area contributed by atoms with Crippen molar-refractivity contribution in [2.75, 3.05) is 13.3 Å². The Hall–Kier alpha value is -1.63. The lowest BCUT2D eigenvalue weighted by atomic mass is 10.3. The molecule has 1 rings (SSSR count). The molecule has 1 atom stereocenters. The maximum Gasteiger partial charge on any atom is 0.200 e. The highest BCUT2D eigenvalue weighted by molar-refractivity contribution is 7.87. The van der Waals surface area contributed by atoms with Gasteiger partial charge < -0.3 is 9.29 Å². The maximum atomic E-state index is 11.0.